The molecule has 1 aliphatic rings. The molecule has 0 bridgehead atoms. The van der Waals surface area contributed by atoms with E-state index in [0.29, 0.717) is 23.6 Å². The Kier molecular flexibility index (Phi) is 4.59. The fourth-order valence-electron chi connectivity index (χ4n) is 2.68. The minimum absolute atomic E-state index is 0.0144. The van der Waals surface area contributed by atoms with Gasteiger partial charge < -0.3 is 10.2 Å². The van der Waals surface area contributed by atoms with Crippen molar-refractivity contribution in [2.24, 2.45) is 5.41 Å². The molecule has 0 unspecified atom stereocenters. The minimum Gasteiger partial charge on any atom is -0.364 e. The van der Waals surface area contributed by atoms with Gasteiger partial charge in [0, 0.05) is 19.6 Å². The first-order valence-corrected chi connectivity index (χ1v) is 7.49. The average molecular weight is 293 g/mol. The summed E-state index contributed by atoms with van der Waals surface area (Å²) in [7, 11) is 0. The largest absolute Gasteiger partial charge is 0.364 e. The number of nitrogens with zero attached hydrogens (tertiary/aromatic N) is 4. The maximum absolute atomic E-state index is 11.4. The molecule has 1 aromatic rings. The first kappa shape index (κ1) is 15.5. The third-order valence-corrected chi connectivity index (χ3v) is 4.45. The molecule has 1 fully saturated rings. The quantitative estimate of drug-likeness (QED) is 0.664. The maximum Gasteiger partial charge on any atom is 0.353 e. The lowest BCUT2D eigenvalue weighted by Gasteiger charge is -2.39. The number of rotatable bonds is 5. The van der Waals surface area contributed by atoms with Crippen molar-refractivity contribution in [2.45, 2.75) is 40.0 Å². The lowest BCUT2D eigenvalue weighted by molar-refractivity contribution is -0.383. The van der Waals surface area contributed by atoms with Gasteiger partial charge in [0.05, 0.1) is 4.92 Å². The summed E-state index contributed by atoms with van der Waals surface area (Å²) in [6, 6.07) is 0. The molecule has 0 saturated carbocycles. The molecule has 2 rings (SSSR count). The summed E-state index contributed by atoms with van der Waals surface area (Å²) in [4.78, 5) is 21.2. The zero-order valence-electron chi connectivity index (χ0n) is 12.9. The number of hydrogen-bond donors (Lipinski definition) is 1. The fraction of sp³-hybridized carbons (Fsp3) is 0.714. The fourth-order valence-corrected chi connectivity index (χ4v) is 2.68. The molecule has 116 valence electrons. The van der Waals surface area contributed by atoms with E-state index in [9.17, 15) is 10.1 Å². The van der Waals surface area contributed by atoms with Crippen molar-refractivity contribution in [3.8, 4) is 0 Å². The topological polar surface area (TPSA) is 84.2 Å². The number of piperidine rings is 1. The summed E-state index contributed by atoms with van der Waals surface area (Å²) < 4.78 is 0. The van der Waals surface area contributed by atoms with Gasteiger partial charge in [0.25, 0.3) is 0 Å². The van der Waals surface area contributed by atoms with Gasteiger partial charge in [-0.3, -0.25) is 10.1 Å². The Bertz CT molecular complexity index is 512. The molecule has 7 nitrogen and oxygen atoms in total. The molecule has 1 aliphatic heterocycles. The highest BCUT2D eigenvalue weighted by Crippen LogP contribution is 2.38. The Morgan fingerprint density at radius 3 is 2.57 bits per heavy atom. The molecule has 1 saturated heterocycles. The monoisotopic (exact) mass is 293 g/mol. The van der Waals surface area contributed by atoms with E-state index in [1.165, 1.54) is 6.33 Å². The molecule has 1 aromatic heterocycles. The van der Waals surface area contributed by atoms with Crippen molar-refractivity contribution in [1.29, 1.82) is 0 Å². The standard InChI is InChI=1S/C14H23N5O2/c1-4-14(3)6-8-18(9-7-14)13-11(19(20)21)12(15-5-2)16-10-17-13/h10H,4-9H2,1-3H3,(H,15,16,17). The highest BCUT2D eigenvalue weighted by atomic mass is 16.6. The first-order chi connectivity index (χ1) is 10.0. The van der Waals surface area contributed by atoms with Crippen LogP contribution in [-0.4, -0.2) is 34.5 Å². The summed E-state index contributed by atoms with van der Waals surface area (Å²) >= 11 is 0. The Hall–Kier alpha value is -1.92. The van der Waals surface area contributed by atoms with Crippen molar-refractivity contribution in [3.05, 3.63) is 16.4 Å². The predicted octanol–water partition coefficient (Wildman–Crippen LogP) is 2.83. The van der Waals surface area contributed by atoms with E-state index < -0.39 is 0 Å². The van der Waals surface area contributed by atoms with E-state index >= 15 is 0 Å². The summed E-state index contributed by atoms with van der Waals surface area (Å²) in [6.07, 6.45) is 4.59. The molecule has 0 aliphatic carbocycles. The molecule has 1 N–H and O–H groups in total. The third kappa shape index (κ3) is 3.22. The Morgan fingerprint density at radius 1 is 1.38 bits per heavy atom. The third-order valence-electron chi connectivity index (χ3n) is 4.45. The van der Waals surface area contributed by atoms with E-state index in [2.05, 4.69) is 29.1 Å². The molecule has 0 radical (unpaired) electrons. The van der Waals surface area contributed by atoms with Gasteiger partial charge in [-0.15, -0.1) is 0 Å². The molecular formula is C14H23N5O2. The predicted molar refractivity (Wildman–Crippen MR) is 82.7 cm³/mol. The van der Waals surface area contributed by atoms with Crippen LogP contribution in [0, 0.1) is 15.5 Å². The van der Waals surface area contributed by atoms with E-state index in [0.717, 1.165) is 32.4 Å². The van der Waals surface area contributed by atoms with E-state index in [-0.39, 0.29) is 10.6 Å². The molecule has 7 heteroatoms. The van der Waals surface area contributed by atoms with E-state index in [1.54, 1.807) is 0 Å². The van der Waals surface area contributed by atoms with Gasteiger partial charge in [-0.2, -0.15) is 0 Å². The van der Waals surface area contributed by atoms with Crippen molar-refractivity contribution in [2.75, 3.05) is 29.9 Å². The molecule has 0 spiro atoms. The van der Waals surface area contributed by atoms with E-state index in [4.69, 9.17) is 0 Å². The van der Waals surface area contributed by atoms with Gasteiger partial charge in [-0.1, -0.05) is 20.3 Å². The van der Waals surface area contributed by atoms with Crippen LogP contribution in [0.25, 0.3) is 0 Å². The second-order valence-corrected chi connectivity index (χ2v) is 5.83. The minimum atomic E-state index is -0.388. The number of hydrogen-bond acceptors (Lipinski definition) is 6. The van der Waals surface area contributed by atoms with Crippen LogP contribution in [0.3, 0.4) is 0 Å². The summed E-state index contributed by atoms with van der Waals surface area (Å²) in [5.41, 5.74) is 0.322. The Balaban J connectivity index is 2.28. The number of nitro groups is 1. The number of nitrogens with one attached hydrogen (secondary N) is 1. The molecule has 0 aromatic carbocycles. The van der Waals surface area contributed by atoms with Crippen molar-refractivity contribution >= 4 is 17.3 Å². The molecule has 0 atom stereocenters. The zero-order valence-corrected chi connectivity index (χ0v) is 12.9. The van der Waals surface area contributed by atoms with Crippen LogP contribution >= 0.6 is 0 Å². The second-order valence-electron chi connectivity index (χ2n) is 5.83. The van der Waals surface area contributed by atoms with Gasteiger partial charge in [-0.25, -0.2) is 9.97 Å². The van der Waals surface area contributed by atoms with Crippen LogP contribution in [0.2, 0.25) is 0 Å². The van der Waals surface area contributed by atoms with Crippen LogP contribution < -0.4 is 10.2 Å². The highest BCUT2D eigenvalue weighted by Gasteiger charge is 2.33. The van der Waals surface area contributed by atoms with Crippen LogP contribution in [0.1, 0.15) is 40.0 Å². The lowest BCUT2D eigenvalue weighted by Crippen LogP contribution is -2.39. The van der Waals surface area contributed by atoms with Gasteiger partial charge in [0.1, 0.15) is 6.33 Å². The summed E-state index contributed by atoms with van der Waals surface area (Å²) in [5.74, 6) is 0.737. The van der Waals surface area contributed by atoms with Crippen LogP contribution in [0.5, 0.6) is 0 Å². The zero-order chi connectivity index (χ0) is 15.5. The van der Waals surface area contributed by atoms with Gasteiger partial charge in [-0.05, 0) is 25.2 Å². The summed E-state index contributed by atoms with van der Waals surface area (Å²) in [6.45, 7) is 8.56. The normalized spacial score (nSPS) is 17.6. The highest BCUT2D eigenvalue weighted by molar-refractivity contribution is 5.70. The van der Waals surface area contributed by atoms with Gasteiger partial charge in [0.2, 0.25) is 11.6 Å². The Morgan fingerprint density at radius 2 is 2.05 bits per heavy atom. The molecule has 21 heavy (non-hydrogen) atoms. The SMILES string of the molecule is CCNc1ncnc(N2CCC(C)(CC)CC2)c1[N+](=O)[O-]. The number of aromatic nitrogens is 2. The maximum atomic E-state index is 11.4. The molecular weight excluding hydrogens is 270 g/mol. The first-order valence-electron chi connectivity index (χ1n) is 7.49. The van der Waals surface area contributed by atoms with Gasteiger partial charge in [0.15, 0.2) is 0 Å². The second kappa shape index (κ2) is 6.24. The lowest BCUT2D eigenvalue weighted by atomic mass is 9.78. The molecule has 2 heterocycles. The van der Waals surface area contributed by atoms with E-state index in [1.807, 2.05) is 11.8 Å². The van der Waals surface area contributed by atoms with Crippen molar-refractivity contribution in [3.63, 3.8) is 0 Å². The van der Waals surface area contributed by atoms with Crippen LogP contribution in [0.15, 0.2) is 6.33 Å². The van der Waals surface area contributed by atoms with Crippen molar-refractivity contribution in [1.82, 2.24) is 9.97 Å². The molecule has 0 amide bonds. The smallest absolute Gasteiger partial charge is 0.353 e. The van der Waals surface area contributed by atoms with Crippen LogP contribution in [-0.2, 0) is 0 Å². The Labute approximate surface area is 124 Å². The van der Waals surface area contributed by atoms with Crippen LogP contribution in [0.4, 0.5) is 17.3 Å². The summed E-state index contributed by atoms with van der Waals surface area (Å²) in [5, 5.41) is 14.3. The average Bonchev–Trinajstić information content (AvgIpc) is 2.48. The van der Waals surface area contributed by atoms with Gasteiger partial charge >= 0.3 is 5.69 Å². The van der Waals surface area contributed by atoms with Crippen molar-refractivity contribution < 1.29 is 4.92 Å². The number of anilines is 2.